The summed E-state index contributed by atoms with van der Waals surface area (Å²) >= 11 is 0. The smallest absolute Gasteiger partial charge is 0.463 e. The average Bonchev–Trinajstić information content (AvgIpc) is 2.82. The Bertz CT molecular complexity index is 583. The zero-order chi connectivity index (χ0) is 27.8. The number of hydrogen-bond donors (Lipinski definition) is 2. The molecule has 0 aliphatic heterocycles. The molecular formula is C28H59NO7P+. The number of phosphoric acid groups is 1. The molecular weight excluding hydrogens is 493 g/mol. The lowest BCUT2D eigenvalue weighted by molar-refractivity contribution is -0.870. The van der Waals surface area contributed by atoms with Gasteiger partial charge < -0.3 is 19.2 Å². The summed E-state index contributed by atoms with van der Waals surface area (Å²) in [5.74, 6) is -0.369. The van der Waals surface area contributed by atoms with Gasteiger partial charge in [-0.1, -0.05) is 110 Å². The first-order valence-corrected chi connectivity index (χ1v) is 16.3. The van der Waals surface area contributed by atoms with E-state index in [4.69, 9.17) is 13.8 Å². The maximum Gasteiger partial charge on any atom is 0.472 e. The van der Waals surface area contributed by atoms with Gasteiger partial charge in [-0.15, -0.1) is 0 Å². The van der Waals surface area contributed by atoms with Crippen LogP contribution in [0, 0.1) is 0 Å². The monoisotopic (exact) mass is 552 g/mol. The molecule has 1 unspecified atom stereocenters. The molecule has 0 saturated carbocycles. The predicted octanol–water partition coefficient (Wildman–Crippen LogP) is 6.77. The van der Waals surface area contributed by atoms with Crippen LogP contribution in [-0.4, -0.2) is 74.1 Å². The maximum atomic E-state index is 11.8. The van der Waals surface area contributed by atoms with Crippen molar-refractivity contribution >= 4 is 13.8 Å². The molecule has 0 spiro atoms. The lowest BCUT2D eigenvalue weighted by Crippen LogP contribution is -2.37. The second kappa shape index (κ2) is 23.4. The number of aliphatic hydroxyl groups is 1. The summed E-state index contributed by atoms with van der Waals surface area (Å²) in [6, 6.07) is 0. The van der Waals surface area contributed by atoms with Gasteiger partial charge >= 0.3 is 13.8 Å². The van der Waals surface area contributed by atoms with E-state index in [1.807, 2.05) is 21.1 Å². The number of esters is 1. The van der Waals surface area contributed by atoms with Gasteiger partial charge in [0.25, 0.3) is 0 Å². The van der Waals surface area contributed by atoms with E-state index in [1.54, 1.807) is 0 Å². The molecule has 0 amide bonds. The van der Waals surface area contributed by atoms with Crippen LogP contribution in [0.5, 0.6) is 0 Å². The SMILES string of the molecule is CCCCCCCCCCCCCCCCCCCC(=O)OC[C@@H](O)COP(=O)(O)OCC[N+](C)(C)C. The molecule has 0 bridgehead atoms. The van der Waals surface area contributed by atoms with Gasteiger partial charge in [0.2, 0.25) is 0 Å². The van der Waals surface area contributed by atoms with E-state index in [2.05, 4.69) is 6.92 Å². The van der Waals surface area contributed by atoms with Crippen LogP contribution in [0.3, 0.4) is 0 Å². The average molecular weight is 553 g/mol. The van der Waals surface area contributed by atoms with Crippen molar-refractivity contribution in [1.29, 1.82) is 0 Å². The number of unbranched alkanes of at least 4 members (excludes halogenated alkanes) is 16. The first-order valence-electron chi connectivity index (χ1n) is 14.8. The van der Waals surface area contributed by atoms with Crippen LogP contribution in [0.15, 0.2) is 0 Å². The Hall–Kier alpha value is -0.500. The molecule has 0 aromatic carbocycles. The number of ether oxygens (including phenoxy) is 1. The Kier molecular flexibility index (Phi) is 23.1. The van der Waals surface area contributed by atoms with Crippen LogP contribution >= 0.6 is 7.82 Å². The Morgan fingerprint density at radius 3 is 1.59 bits per heavy atom. The number of quaternary nitrogens is 1. The van der Waals surface area contributed by atoms with Gasteiger partial charge in [0, 0.05) is 6.42 Å². The molecule has 2 atom stereocenters. The lowest BCUT2D eigenvalue weighted by atomic mass is 10.0. The zero-order valence-electron chi connectivity index (χ0n) is 24.5. The fourth-order valence-corrected chi connectivity index (χ4v) is 4.70. The van der Waals surface area contributed by atoms with Crippen LogP contribution in [-0.2, 0) is 23.1 Å². The van der Waals surface area contributed by atoms with Crippen molar-refractivity contribution in [2.75, 3.05) is 47.5 Å². The highest BCUT2D eigenvalue weighted by Crippen LogP contribution is 2.43. The fourth-order valence-electron chi connectivity index (χ4n) is 3.95. The minimum atomic E-state index is -4.24. The largest absolute Gasteiger partial charge is 0.472 e. The number of hydrogen-bond acceptors (Lipinski definition) is 6. The van der Waals surface area contributed by atoms with E-state index in [9.17, 15) is 19.4 Å². The highest BCUT2D eigenvalue weighted by molar-refractivity contribution is 7.47. The number of carbonyl (C=O) groups is 1. The molecule has 0 fully saturated rings. The topological polar surface area (TPSA) is 102 Å². The molecule has 0 heterocycles. The quantitative estimate of drug-likeness (QED) is 0.0502. The number of phosphoric ester groups is 1. The van der Waals surface area contributed by atoms with Crippen molar-refractivity contribution < 1.29 is 37.6 Å². The summed E-state index contributed by atoms with van der Waals surface area (Å²) in [5.41, 5.74) is 0. The summed E-state index contributed by atoms with van der Waals surface area (Å²) in [6.07, 6.45) is 21.0. The van der Waals surface area contributed by atoms with E-state index in [-0.39, 0.29) is 19.2 Å². The second-order valence-corrected chi connectivity index (χ2v) is 12.8. The molecule has 0 aliphatic rings. The minimum absolute atomic E-state index is 0.0573. The van der Waals surface area contributed by atoms with Gasteiger partial charge in [-0.05, 0) is 6.42 Å². The molecule has 0 rings (SSSR count). The molecule has 0 aliphatic carbocycles. The van der Waals surface area contributed by atoms with Crippen LogP contribution in [0.1, 0.15) is 122 Å². The lowest BCUT2D eigenvalue weighted by Gasteiger charge is -2.24. The first-order chi connectivity index (χ1) is 17.6. The van der Waals surface area contributed by atoms with Gasteiger partial charge in [-0.3, -0.25) is 13.8 Å². The maximum absolute atomic E-state index is 11.8. The Morgan fingerprint density at radius 2 is 1.16 bits per heavy atom. The normalized spacial score (nSPS) is 14.4. The molecule has 2 N–H and O–H groups in total. The summed E-state index contributed by atoms with van der Waals surface area (Å²) < 4.78 is 27.1. The predicted molar refractivity (Wildman–Crippen MR) is 150 cm³/mol. The fraction of sp³-hybridized carbons (Fsp3) is 0.964. The Morgan fingerprint density at radius 1 is 0.730 bits per heavy atom. The van der Waals surface area contributed by atoms with Gasteiger partial charge in [-0.2, -0.15) is 0 Å². The number of aliphatic hydroxyl groups excluding tert-OH is 1. The summed E-state index contributed by atoms with van der Waals surface area (Å²) in [7, 11) is 1.57. The van der Waals surface area contributed by atoms with E-state index in [0.29, 0.717) is 17.4 Å². The molecule has 0 saturated heterocycles. The Balaban J connectivity index is 3.48. The molecule has 0 aromatic rings. The second-order valence-electron chi connectivity index (χ2n) is 11.4. The number of rotatable bonds is 27. The van der Waals surface area contributed by atoms with Crippen molar-refractivity contribution in [1.82, 2.24) is 0 Å². The molecule has 0 radical (unpaired) electrons. The Labute approximate surface area is 227 Å². The van der Waals surface area contributed by atoms with Crippen molar-refractivity contribution in [3.8, 4) is 0 Å². The standard InChI is InChI=1S/C28H58NO7P/c1-5-6-7-8-9-10-11-12-13-14-15-16-17-18-19-20-21-22-28(31)34-25-27(30)26-36-37(32,33)35-24-23-29(2,3)4/h27,30H,5-26H2,1-4H3/p+1/t27-/m1/s1. The molecule has 8 nitrogen and oxygen atoms in total. The van der Waals surface area contributed by atoms with Gasteiger partial charge in [0.1, 0.15) is 25.9 Å². The van der Waals surface area contributed by atoms with Gasteiger partial charge in [-0.25, -0.2) is 4.57 Å². The number of likely N-dealkylation sites (N-methyl/N-ethyl adjacent to an activating group) is 1. The van der Waals surface area contributed by atoms with Crippen molar-refractivity contribution in [2.45, 2.75) is 129 Å². The van der Waals surface area contributed by atoms with Crippen molar-refractivity contribution in [3.05, 3.63) is 0 Å². The van der Waals surface area contributed by atoms with E-state index >= 15 is 0 Å². The van der Waals surface area contributed by atoms with E-state index in [0.717, 1.165) is 19.3 Å². The van der Waals surface area contributed by atoms with Gasteiger partial charge in [0.15, 0.2) is 0 Å². The van der Waals surface area contributed by atoms with Crippen LogP contribution in [0.2, 0.25) is 0 Å². The minimum Gasteiger partial charge on any atom is -0.463 e. The molecule has 222 valence electrons. The summed E-state index contributed by atoms with van der Waals surface area (Å²) in [5, 5.41) is 9.84. The number of nitrogens with zero attached hydrogens (tertiary/aromatic N) is 1. The van der Waals surface area contributed by atoms with E-state index in [1.165, 1.54) is 89.9 Å². The highest BCUT2D eigenvalue weighted by atomic mass is 31.2. The third-order valence-electron chi connectivity index (χ3n) is 6.37. The van der Waals surface area contributed by atoms with Crippen LogP contribution < -0.4 is 0 Å². The molecule has 37 heavy (non-hydrogen) atoms. The summed E-state index contributed by atoms with van der Waals surface area (Å²) in [4.78, 5) is 21.5. The summed E-state index contributed by atoms with van der Waals surface area (Å²) in [6.45, 7) is 2.15. The van der Waals surface area contributed by atoms with E-state index < -0.39 is 20.5 Å². The number of carbonyl (C=O) groups excluding carboxylic acids is 1. The molecule has 0 aromatic heterocycles. The molecule has 9 heteroatoms. The van der Waals surface area contributed by atoms with Crippen LogP contribution in [0.25, 0.3) is 0 Å². The van der Waals surface area contributed by atoms with Crippen molar-refractivity contribution in [2.24, 2.45) is 0 Å². The third kappa shape index (κ3) is 28.3. The third-order valence-corrected chi connectivity index (χ3v) is 7.35. The zero-order valence-corrected chi connectivity index (χ0v) is 25.4. The van der Waals surface area contributed by atoms with Crippen molar-refractivity contribution in [3.63, 3.8) is 0 Å². The first kappa shape index (κ1) is 36.5. The van der Waals surface area contributed by atoms with Gasteiger partial charge in [0.05, 0.1) is 27.7 Å². The highest BCUT2D eigenvalue weighted by Gasteiger charge is 2.24. The van der Waals surface area contributed by atoms with Crippen LogP contribution in [0.4, 0.5) is 0 Å².